The highest BCUT2D eigenvalue weighted by molar-refractivity contribution is 5.90. The summed E-state index contributed by atoms with van der Waals surface area (Å²) in [4.78, 5) is 19.1. The van der Waals surface area contributed by atoms with Crippen LogP contribution in [0.2, 0.25) is 0 Å². The van der Waals surface area contributed by atoms with E-state index in [4.69, 9.17) is 0 Å². The average Bonchev–Trinajstić information content (AvgIpc) is 2.96. The van der Waals surface area contributed by atoms with E-state index in [9.17, 15) is 9.18 Å². The first-order valence-electron chi connectivity index (χ1n) is 7.10. The average molecular weight is 297 g/mol. The third-order valence-electron chi connectivity index (χ3n) is 3.58. The fourth-order valence-corrected chi connectivity index (χ4v) is 2.29. The number of halogens is 1. The molecule has 1 amide bonds. The molecule has 4 nitrogen and oxygen atoms in total. The minimum absolute atomic E-state index is 0.132. The third-order valence-corrected chi connectivity index (χ3v) is 3.58. The van der Waals surface area contributed by atoms with Crippen LogP contribution in [-0.2, 0) is 11.2 Å². The number of aromatic amines is 1. The molecule has 3 aromatic rings. The number of benzene rings is 2. The van der Waals surface area contributed by atoms with Crippen LogP contribution in [0, 0.1) is 12.7 Å². The molecule has 3 rings (SSSR count). The second kappa shape index (κ2) is 5.97. The van der Waals surface area contributed by atoms with Crippen molar-refractivity contribution in [2.75, 3.05) is 5.32 Å². The van der Waals surface area contributed by atoms with E-state index in [1.807, 2.05) is 18.2 Å². The third kappa shape index (κ3) is 3.14. The molecule has 22 heavy (non-hydrogen) atoms. The normalized spacial score (nSPS) is 10.8. The van der Waals surface area contributed by atoms with Crippen LogP contribution in [0.4, 0.5) is 10.1 Å². The summed E-state index contributed by atoms with van der Waals surface area (Å²) in [5.41, 5.74) is 3.96. The highest BCUT2D eigenvalue weighted by Crippen LogP contribution is 2.15. The number of carbonyl (C=O) groups excluding carboxylic acids is 1. The van der Waals surface area contributed by atoms with E-state index in [1.54, 1.807) is 25.4 Å². The number of carbonyl (C=O) groups is 1. The minimum Gasteiger partial charge on any atom is -0.345 e. The molecule has 1 aromatic heterocycles. The topological polar surface area (TPSA) is 57.8 Å². The van der Waals surface area contributed by atoms with E-state index in [0.29, 0.717) is 24.1 Å². The maximum Gasteiger partial charge on any atom is 0.224 e. The molecule has 5 heteroatoms. The predicted molar refractivity (Wildman–Crippen MR) is 84.2 cm³/mol. The summed E-state index contributed by atoms with van der Waals surface area (Å²) in [7, 11) is 0. The molecular formula is C17H16FN3O. The summed E-state index contributed by atoms with van der Waals surface area (Å²) < 4.78 is 13.4. The van der Waals surface area contributed by atoms with Gasteiger partial charge in [0.15, 0.2) is 0 Å². The van der Waals surface area contributed by atoms with Crippen molar-refractivity contribution < 1.29 is 9.18 Å². The van der Waals surface area contributed by atoms with Gasteiger partial charge in [0.1, 0.15) is 5.82 Å². The quantitative estimate of drug-likeness (QED) is 0.773. The van der Waals surface area contributed by atoms with Gasteiger partial charge in [-0.05, 0) is 48.7 Å². The molecule has 0 aliphatic rings. The number of imidazole rings is 1. The molecule has 2 aromatic carbocycles. The zero-order valence-electron chi connectivity index (χ0n) is 12.2. The molecule has 0 bridgehead atoms. The molecule has 0 unspecified atom stereocenters. The molecule has 0 fully saturated rings. The maximum absolute atomic E-state index is 13.4. The number of hydrogen-bond donors (Lipinski definition) is 2. The van der Waals surface area contributed by atoms with Crippen LogP contribution >= 0.6 is 0 Å². The summed E-state index contributed by atoms with van der Waals surface area (Å²) in [6.45, 7) is 1.69. The first kappa shape index (κ1) is 14.3. The lowest BCUT2D eigenvalue weighted by atomic mass is 10.1. The fourth-order valence-electron chi connectivity index (χ4n) is 2.29. The Kier molecular flexibility index (Phi) is 3.87. The van der Waals surface area contributed by atoms with Crippen molar-refractivity contribution in [1.82, 2.24) is 9.97 Å². The lowest BCUT2D eigenvalue weighted by Crippen LogP contribution is -2.12. The SMILES string of the molecule is Cc1ccc(NC(=O)CCc2ccc3nc[nH]c3c2)cc1F. The number of nitrogens with zero attached hydrogens (tertiary/aromatic N) is 1. The van der Waals surface area contributed by atoms with Crippen LogP contribution in [0.25, 0.3) is 11.0 Å². The van der Waals surface area contributed by atoms with Gasteiger partial charge < -0.3 is 10.3 Å². The van der Waals surface area contributed by atoms with Crippen molar-refractivity contribution >= 4 is 22.6 Å². The zero-order chi connectivity index (χ0) is 15.5. The van der Waals surface area contributed by atoms with E-state index in [-0.39, 0.29) is 11.7 Å². The maximum atomic E-state index is 13.4. The van der Waals surface area contributed by atoms with Crippen LogP contribution in [0.15, 0.2) is 42.7 Å². The Morgan fingerprint density at radius 3 is 2.95 bits per heavy atom. The lowest BCUT2D eigenvalue weighted by molar-refractivity contribution is -0.116. The zero-order valence-corrected chi connectivity index (χ0v) is 12.2. The number of anilines is 1. The van der Waals surface area contributed by atoms with Crippen LogP contribution in [-0.4, -0.2) is 15.9 Å². The Bertz CT molecular complexity index is 826. The van der Waals surface area contributed by atoms with Gasteiger partial charge in [-0.25, -0.2) is 9.37 Å². The first-order valence-corrected chi connectivity index (χ1v) is 7.10. The Morgan fingerprint density at radius 1 is 1.27 bits per heavy atom. The number of nitrogens with one attached hydrogen (secondary N) is 2. The Hall–Kier alpha value is -2.69. The molecule has 1 heterocycles. The summed E-state index contributed by atoms with van der Waals surface area (Å²) in [6.07, 6.45) is 2.61. The number of aromatic nitrogens is 2. The lowest BCUT2D eigenvalue weighted by Gasteiger charge is -2.06. The van der Waals surface area contributed by atoms with Gasteiger partial charge in [-0.2, -0.15) is 0 Å². The van der Waals surface area contributed by atoms with Gasteiger partial charge in [0, 0.05) is 12.1 Å². The smallest absolute Gasteiger partial charge is 0.224 e. The Labute approximate surface area is 127 Å². The van der Waals surface area contributed by atoms with Crippen molar-refractivity contribution in [1.29, 1.82) is 0 Å². The van der Waals surface area contributed by atoms with Gasteiger partial charge in [-0.15, -0.1) is 0 Å². The molecule has 112 valence electrons. The number of rotatable bonds is 4. The van der Waals surface area contributed by atoms with Gasteiger partial charge in [0.05, 0.1) is 17.4 Å². The number of fused-ring (bicyclic) bond motifs is 1. The molecular weight excluding hydrogens is 281 g/mol. The second-order valence-electron chi connectivity index (χ2n) is 5.27. The summed E-state index contributed by atoms with van der Waals surface area (Å²) in [6, 6.07) is 10.6. The summed E-state index contributed by atoms with van der Waals surface area (Å²) in [5.74, 6) is -0.449. The second-order valence-corrected chi connectivity index (χ2v) is 5.27. The minimum atomic E-state index is -0.317. The largest absolute Gasteiger partial charge is 0.345 e. The van der Waals surface area contributed by atoms with Crippen LogP contribution in [0.1, 0.15) is 17.5 Å². The molecule has 0 spiro atoms. The van der Waals surface area contributed by atoms with Gasteiger partial charge in [-0.3, -0.25) is 4.79 Å². The fraction of sp³-hybridized carbons (Fsp3) is 0.176. The van der Waals surface area contributed by atoms with Crippen LogP contribution in [0.3, 0.4) is 0 Å². The molecule has 0 aliphatic carbocycles. The van der Waals surface area contributed by atoms with E-state index >= 15 is 0 Å². The van der Waals surface area contributed by atoms with Crippen molar-refractivity contribution in [2.45, 2.75) is 19.8 Å². The standard InChI is InChI=1S/C17H16FN3O/c1-11-2-5-13(9-14(11)18)21-17(22)7-4-12-3-6-15-16(8-12)20-10-19-15/h2-3,5-6,8-10H,4,7H2,1H3,(H,19,20)(H,21,22). The number of H-pyrrole nitrogens is 1. The van der Waals surface area contributed by atoms with Gasteiger partial charge in [0.2, 0.25) is 5.91 Å². The number of amides is 1. The van der Waals surface area contributed by atoms with E-state index in [0.717, 1.165) is 16.6 Å². The molecule has 0 radical (unpaired) electrons. The summed E-state index contributed by atoms with van der Waals surface area (Å²) in [5, 5.41) is 2.71. The monoisotopic (exact) mass is 297 g/mol. The van der Waals surface area contributed by atoms with E-state index in [1.165, 1.54) is 6.07 Å². The van der Waals surface area contributed by atoms with E-state index < -0.39 is 0 Å². The molecule has 0 saturated heterocycles. The van der Waals surface area contributed by atoms with E-state index in [2.05, 4.69) is 15.3 Å². The number of hydrogen-bond acceptors (Lipinski definition) is 2. The predicted octanol–water partition coefficient (Wildman–Crippen LogP) is 3.58. The van der Waals surface area contributed by atoms with Crippen molar-refractivity contribution in [3.05, 3.63) is 59.7 Å². The van der Waals surface area contributed by atoms with Crippen molar-refractivity contribution in [2.24, 2.45) is 0 Å². The Morgan fingerprint density at radius 2 is 2.14 bits per heavy atom. The van der Waals surface area contributed by atoms with Gasteiger partial charge in [0.25, 0.3) is 0 Å². The van der Waals surface area contributed by atoms with Gasteiger partial charge in [-0.1, -0.05) is 12.1 Å². The number of aryl methyl sites for hydroxylation is 2. The van der Waals surface area contributed by atoms with Crippen LogP contribution < -0.4 is 5.32 Å². The molecule has 2 N–H and O–H groups in total. The van der Waals surface area contributed by atoms with Crippen LogP contribution in [0.5, 0.6) is 0 Å². The van der Waals surface area contributed by atoms with Gasteiger partial charge >= 0.3 is 0 Å². The molecule has 0 atom stereocenters. The highest BCUT2D eigenvalue weighted by atomic mass is 19.1. The molecule has 0 aliphatic heterocycles. The Balaban J connectivity index is 1.60. The molecule has 0 saturated carbocycles. The first-order chi connectivity index (χ1) is 10.6. The summed E-state index contributed by atoms with van der Waals surface area (Å²) >= 11 is 0. The van der Waals surface area contributed by atoms with Crippen molar-refractivity contribution in [3.63, 3.8) is 0 Å². The van der Waals surface area contributed by atoms with Crippen molar-refractivity contribution in [3.8, 4) is 0 Å². The highest BCUT2D eigenvalue weighted by Gasteiger charge is 2.06.